The number of carbonyl (C=O) groups excluding carboxylic acids is 1. The van der Waals surface area contributed by atoms with E-state index in [0.29, 0.717) is 43.1 Å². The number of aryl methyl sites for hydroxylation is 1. The molecule has 0 saturated carbocycles. The zero-order valence-electron chi connectivity index (χ0n) is 18.0. The van der Waals surface area contributed by atoms with Gasteiger partial charge in [-0.15, -0.1) is 0 Å². The molecule has 176 valence electrons. The van der Waals surface area contributed by atoms with Crippen LogP contribution >= 0.6 is 0 Å². The topological polar surface area (TPSA) is 86.5 Å². The van der Waals surface area contributed by atoms with Gasteiger partial charge in [0.15, 0.2) is 0 Å². The number of hydrogen-bond donors (Lipinski definition) is 1. The highest BCUT2D eigenvalue weighted by Gasteiger charge is 2.27. The van der Waals surface area contributed by atoms with Crippen LogP contribution < -0.4 is 10.1 Å². The molecule has 7 nitrogen and oxygen atoms in total. The fourth-order valence-corrected chi connectivity index (χ4v) is 2.94. The minimum atomic E-state index is -4.34. The number of nitrogens with one attached hydrogen (secondary N) is 1. The highest BCUT2D eigenvalue weighted by molar-refractivity contribution is 5.75. The molecule has 0 fully saturated rings. The van der Waals surface area contributed by atoms with Crippen LogP contribution in [0.3, 0.4) is 0 Å². The molecule has 0 aliphatic rings. The van der Waals surface area contributed by atoms with E-state index in [1.165, 1.54) is 0 Å². The van der Waals surface area contributed by atoms with E-state index in [4.69, 9.17) is 9.26 Å². The van der Waals surface area contributed by atoms with Crippen LogP contribution in [-0.2, 0) is 29.1 Å². The van der Waals surface area contributed by atoms with E-state index in [9.17, 15) is 18.0 Å². The molecule has 1 amide bonds. The zero-order valence-corrected chi connectivity index (χ0v) is 18.0. The van der Waals surface area contributed by atoms with Gasteiger partial charge in [-0.05, 0) is 41.8 Å². The lowest BCUT2D eigenvalue weighted by Gasteiger charge is -2.09. The van der Waals surface area contributed by atoms with Gasteiger partial charge in [0.05, 0.1) is 13.7 Å². The normalized spacial score (nSPS) is 11.4. The molecule has 33 heavy (non-hydrogen) atoms. The largest absolute Gasteiger partial charge is 0.497 e. The van der Waals surface area contributed by atoms with Crippen LogP contribution in [-0.4, -0.2) is 35.9 Å². The molecular weight excluding hydrogens is 439 g/mol. The summed E-state index contributed by atoms with van der Waals surface area (Å²) in [5.74, 6) is 1.54. The number of hydrogen-bond acceptors (Lipinski definition) is 6. The standard InChI is InChI=1S/C23H24F3N3O4/c1-31-19-11-9-18(10-12-19)22-28-21(33-29-22)4-2-3-20(30)27-13-16-5-7-17(8-6-16)14-32-15-23(24,25)26/h5-12H,2-4,13-15H2,1H3,(H,27,30). The lowest BCUT2D eigenvalue weighted by Crippen LogP contribution is -2.22. The maximum absolute atomic E-state index is 12.1. The molecule has 2 aromatic carbocycles. The van der Waals surface area contributed by atoms with E-state index >= 15 is 0 Å². The Labute approximate surface area is 188 Å². The van der Waals surface area contributed by atoms with Crippen LogP contribution in [0.25, 0.3) is 11.4 Å². The molecule has 0 aliphatic carbocycles. The Kier molecular flexibility index (Phi) is 8.42. The van der Waals surface area contributed by atoms with Gasteiger partial charge in [-0.3, -0.25) is 4.79 Å². The van der Waals surface area contributed by atoms with Gasteiger partial charge >= 0.3 is 6.18 Å². The van der Waals surface area contributed by atoms with Crippen LogP contribution in [0.2, 0.25) is 0 Å². The summed E-state index contributed by atoms with van der Waals surface area (Å²) in [4.78, 5) is 16.4. The van der Waals surface area contributed by atoms with Crippen molar-refractivity contribution in [2.75, 3.05) is 13.7 Å². The van der Waals surface area contributed by atoms with Gasteiger partial charge in [0, 0.05) is 24.9 Å². The van der Waals surface area contributed by atoms with Crippen LogP contribution in [0.1, 0.15) is 29.9 Å². The molecule has 0 unspecified atom stereocenters. The number of methoxy groups -OCH3 is 1. The van der Waals surface area contributed by atoms with Crippen molar-refractivity contribution in [2.24, 2.45) is 0 Å². The van der Waals surface area contributed by atoms with Crippen LogP contribution in [0.4, 0.5) is 13.2 Å². The van der Waals surface area contributed by atoms with Gasteiger partial charge in [-0.2, -0.15) is 18.2 Å². The quantitative estimate of drug-likeness (QED) is 0.452. The van der Waals surface area contributed by atoms with E-state index < -0.39 is 12.8 Å². The van der Waals surface area contributed by atoms with Gasteiger partial charge in [0.1, 0.15) is 12.4 Å². The predicted molar refractivity (Wildman–Crippen MR) is 113 cm³/mol. The lowest BCUT2D eigenvalue weighted by molar-refractivity contribution is -0.176. The first-order valence-electron chi connectivity index (χ1n) is 10.3. The van der Waals surface area contributed by atoms with Gasteiger partial charge in [0.2, 0.25) is 17.6 Å². The second-order valence-electron chi connectivity index (χ2n) is 7.29. The van der Waals surface area contributed by atoms with E-state index in [1.807, 2.05) is 24.3 Å². The van der Waals surface area contributed by atoms with Crippen molar-refractivity contribution in [2.45, 2.75) is 38.6 Å². The number of benzene rings is 2. The second kappa shape index (κ2) is 11.5. The number of aromatic nitrogens is 2. The number of carbonyl (C=O) groups is 1. The summed E-state index contributed by atoms with van der Waals surface area (Å²) >= 11 is 0. The Hall–Kier alpha value is -3.40. The van der Waals surface area contributed by atoms with E-state index in [0.717, 1.165) is 16.9 Å². The molecule has 0 radical (unpaired) electrons. The number of alkyl halides is 3. The van der Waals surface area contributed by atoms with Gasteiger partial charge < -0.3 is 19.3 Å². The van der Waals surface area contributed by atoms with E-state index in [2.05, 4.69) is 20.2 Å². The molecule has 10 heteroatoms. The van der Waals surface area contributed by atoms with Crippen LogP contribution in [0.15, 0.2) is 53.1 Å². The van der Waals surface area contributed by atoms with Gasteiger partial charge in [-0.25, -0.2) is 0 Å². The number of halogens is 3. The Morgan fingerprint density at radius 2 is 1.76 bits per heavy atom. The maximum atomic E-state index is 12.1. The summed E-state index contributed by atoms with van der Waals surface area (Å²) in [6.45, 7) is -1.08. The van der Waals surface area contributed by atoms with Crippen molar-refractivity contribution in [1.29, 1.82) is 0 Å². The molecule has 0 atom stereocenters. The highest BCUT2D eigenvalue weighted by atomic mass is 19.4. The van der Waals surface area contributed by atoms with Crippen molar-refractivity contribution in [3.63, 3.8) is 0 Å². The SMILES string of the molecule is COc1ccc(-c2noc(CCCC(=O)NCc3ccc(COCC(F)(F)F)cc3)n2)cc1. The average molecular weight is 463 g/mol. The third-order valence-electron chi connectivity index (χ3n) is 4.66. The Morgan fingerprint density at radius 1 is 1.06 bits per heavy atom. The Balaban J connectivity index is 1.35. The summed E-state index contributed by atoms with van der Waals surface area (Å²) in [5.41, 5.74) is 2.27. The number of nitrogens with zero attached hydrogens (tertiary/aromatic N) is 2. The van der Waals surface area contributed by atoms with Crippen molar-refractivity contribution in [3.05, 3.63) is 65.5 Å². The summed E-state index contributed by atoms with van der Waals surface area (Å²) < 4.78 is 51.3. The Bertz CT molecular complexity index is 1020. The second-order valence-corrected chi connectivity index (χ2v) is 7.29. The van der Waals surface area contributed by atoms with Crippen LogP contribution in [0.5, 0.6) is 5.75 Å². The number of ether oxygens (including phenoxy) is 2. The highest BCUT2D eigenvalue weighted by Crippen LogP contribution is 2.20. The summed E-state index contributed by atoms with van der Waals surface area (Å²) in [6, 6.07) is 14.1. The average Bonchev–Trinajstić information content (AvgIpc) is 3.27. The maximum Gasteiger partial charge on any atom is 0.411 e. The van der Waals surface area contributed by atoms with Crippen LogP contribution in [0, 0.1) is 0 Å². The van der Waals surface area contributed by atoms with Crippen molar-refractivity contribution in [1.82, 2.24) is 15.5 Å². The minimum Gasteiger partial charge on any atom is -0.497 e. The third kappa shape index (κ3) is 8.23. The van der Waals surface area contributed by atoms with Gasteiger partial charge in [0.25, 0.3) is 0 Å². The monoisotopic (exact) mass is 463 g/mol. The molecular formula is C23H24F3N3O4. The molecule has 0 spiro atoms. The van der Waals surface area contributed by atoms with E-state index in [-0.39, 0.29) is 12.5 Å². The molecule has 3 rings (SSSR count). The van der Waals surface area contributed by atoms with Crippen molar-refractivity contribution < 1.29 is 32.0 Å². The number of rotatable bonds is 11. The molecule has 1 aromatic heterocycles. The molecule has 3 aromatic rings. The first-order valence-corrected chi connectivity index (χ1v) is 10.3. The van der Waals surface area contributed by atoms with Crippen molar-refractivity contribution >= 4 is 5.91 Å². The molecule has 0 saturated heterocycles. The molecule has 0 aliphatic heterocycles. The Morgan fingerprint density at radius 3 is 2.42 bits per heavy atom. The summed E-state index contributed by atoms with van der Waals surface area (Å²) in [6.07, 6.45) is -3.02. The van der Waals surface area contributed by atoms with Gasteiger partial charge in [-0.1, -0.05) is 29.4 Å². The third-order valence-corrected chi connectivity index (χ3v) is 4.66. The fourth-order valence-electron chi connectivity index (χ4n) is 2.94. The summed E-state index contributed by atoms with van der Waals surface area (Å²) in [7, 11) is 1.59. The smallest absolute Gasteiger partial charge is 0.411 e. The molecule has 1 N–H and O–H groups in total. The first kappa shape index (κ1) is 24.2. The molecule has 0 bridgehead atoms. The molecule has 1 heterocycles. The lowest BCUT2D eigenvalue weighted by atomic mass is 10.1. The zero-order chi connectivity index (χ0) is 23.7. The van der Waals surface area contributed by atoms with E-state index in [1.54, 1.807) is 31.4 Å². The minimum absolute atomic E-state index is 0.123. The first-order chi connectivity index (χ1) is 15.8. The summed E-state index contributed by atoms with van der Waals surface area (Å²) in [5, 5.41) is 6.77. The fraction of sp³-hybridized carbons (Fsp3) is 0.348. The van der Waals surface area contributed by atoms with Crippen molar-refractivity contribution in [3.8, 4) is 17.1 Å². The predicted octanol–water partition coefficient (Wildman–Crippen LogP) is 4.46. The number of amides is 1.